The third kappa shape index (κ3) is 3.26. The summed E-state index contributed by atoms with van der Waals surface area (Å²) in [7, 11) is -2.21. The molecule has 0 fully saturated rings. The molecule has 1 aromatic rings. The molecule has 0 spiro atoms. The zero-order valence-corrected chi connectivity index (χ0v) is 11.4. The summed E-state index contributed by atoms with van der Waals surface area (Å²) in [5, 5.41) is 0. The van der Waals surface area contributed by atoms with Gasteiger partial charge in [-0.15, -0.1) is 0 Å². The lowest BCUT2D eigenvalue weighted by atomic mass is 10.4. The molecule has 0 aliphatic carbocycles. The van der Waals surface area contributed by atoms with Crippen LogP contribution >= 0.6 is 15.9 Å². The van der Waals surface area contributed by atoms with Crippen molar-refractivity contribution in [3.05, 3.63) is 28.7 Å². The Kier molecular flexibility index (Phi) is 4.46. The molecule has 90 valence electrons. The van der Waals surface area contributed by atoms with E-state index in [2.05, 4.69) is 15.9 Å². The fourth-order valence-electron chi connectivity index (χ4n) is 1.24. The first-order valence-corrected chi connectivity index (χ1v) is 6.93. The Hall–Kier alpha value is -0.460. The van der Waals surface area contributed by atoms with E-state index in [0.29, 0.717) is 0 Å². The molecule has 16 heavy (non-hydrogen) atoms. The smallest absolute Gasteiger partial charge is 0.242 e. The van der Waals surface area contributed by atoms with Gasteiger partial charge < -0.3 is 0 Å². The molecule has 0 radical (unpaired) electrons. The van der Waals surface area contributed by atoms with Gasteiger partial charge in [-0.05, 0) is 31.2 Å². The van der Waals surface area contributed by atoms with Crippen molar-refractivity contribution in [2.45, 2.75) is 18.0 Å². The molecule has 0 saturated heterocycles. The summed E-state index contributed by atoms with van der Waals surface area (Å²) in [6.45, 7) is 1.19. The van der Waals surface area contributed by atoms with E-state index in [1.807, 2.05) is 0 Å². The van der Waals surface area contributed by atoms with Crippen LogP contribution < -0.4 is 0 Å². The minimum absolute atomic E-state index is 0.140. The third-order valence-corrected chi connectivity index (χ3v) is 4.40. The van der Waals surface area contributed by atoms with Crippen molar-refractivity contribution < 1.29 is 12.8 Å². The molecule has 0 amide bonds. The van der Waals surface area contributed by atoms with Crippen LogP contribution in [0.4, 0.5) is 4.39 Å². The Morgan fingerprint density at radius 1 is 1.38 bits per heavy atom. The van der Waals surface area contributed by atoms with Crippen LogP contribution in [0.2, 0.25) is 0 Å². The number of benzene rings is 1. The molecule has 0 saturated carbocycles. The van der Waals surface area contributed by atoms with Crippen LogP contribution in [0.25, 0.3) is 0 Å². The Morgan fingerprint density at radius 3 is 2.31 bits per heavy atom. The number of hydrogen-bond donors (Lipinski definition) is 0. The summed E-state index contributed by atoms with van der Waals surface area (Å²) < 4.78 is 38.4. The summed E-state index contributed by atoms with van der Waals surface area (Å²) in [4.78, 5) is 0.166. The first-order valence-electron chi connectivity index (χ1n) is 4.70. The van der Waals surface area contributed by atoms with Gasteiger partial charge in [0, 0.05) is 18.1 Å². The highest BCUT2D eigenvalue weighted by molar-refractivity contribution is 9.10. The van der Waals surface area contributed by atoms with Gasteiger partial charge in [-0.2, -0.15) is 4.31 Å². The third-order valence-electron chi connectivity index (χ3n) is 2.03. The van der Waals surface area contributed by atoms with E-state index < -0.39 is 16.2 Å². The molecule has 1 rings (SSSR count). The van der Waals surface area contributed by atoms with E-state index >= 15 is 0 Å². The van der Waals surface area contributed by atoms with E-state index in [1.165, 1.54) is 26.1 Å². The zero-order valence-electron chi connectivity index (χ0n) is 9.02. The van der Waals surface area contributed by atoms with Gasteiger partial charge in [0.05, 0.1) is 4.90 Å². The van der Waals surface area contributed by atoms with Crippen molar-refractivity contribution in [3.63, 3.8) is 0 Å². The first kappa shape index (κ1) is 13.6. The van der Waals surface area contributed by atoms with Gasteiger partial charge in [0.15, 0.2) is 0 Å². The molecular weight excluding hydrogens is 297 g/mol. The second kappa shape index (κ2) is 5.25. The normalized spacial score (nSPS) is 14.1. The second-order valence-corrected chi connectivity index (χ2v) is 6.48. The molecule has 1 atom stereocenters. The van der Waals surface area contributed by atoms with Gasteiger partial charge in [-0.3, -0.25) is 0 Å². The van der Waals surface area contributed by atoms with Crippen LogP contribution in [0.5, 0.6) is 0 Å². The lowest BCUT2D eigenvalue weighted by Gasteiger charge is -2.17. The average Bonchev–Trinajstić information content (AvgIpc) is 2.17. The maximum absolute atomic E-state index is 12.7. The Labute approximate surface area is 103 Å². The monoisotopic (exact) mass is 309 g/mol. The molecule has 0 heterocycles. The van der Waals surface area contributed by atoms with Crippen LogP contribution in [0.15, 0.2) is 33.6 Å². The summed E-state index contributed by atoms with van der Waals surface area (Å²) in [5.41, 5.74) is 0. The molecule has 0 aliphatic heterocycles. The number of rotatable bonds is 4. The number of nitrogens with zero attached hydrogens (tertiary/aromatic N) is 1. The molecule has 0 N–H and O–H groups in total. The lowest BCUT2D eigenvalue weighted by molar-refractivity contribution is 0.300. The molecule has 0 aliphatic rings. The molecule has 3 nitrogen and oxygen atoms in total. The zero-order chi connectivity index (χ0) is 12.3. The van der Waals surface area contributed by atoms with Crippen molar-refractivity contribution in [2.24, 2.45) is 0 Å². The largest absolute Gasteiger partial charge is 0.246 e. The van der Waals surface area contributed by atoms with E-state index in [9.17, 15) is 12.8 Å². The molecule has 6 heteroatoms. The standard InChI is InChI=1S/C10H13BrFNO2S/c1-8(12)7-13(2)16(14,15)10-5-3-9(11)4-6-10/h3-6,8H,7H2,1-2H3. The van der Waals surface area contributed by atoms with Crippen LogP contribution in [-0.4, -0.2) is 32.5 Å². The Balaban J connectivity index is 2.97. The molecular formula is C10H13BrFNO2S. The van der Waals surface area contributed by atoms with Crippen molar-refractivity contribution in [1.29, 1.82) is 0 Å². The topological polar surface area (TPSA) is 37.4 Å². The predicted molar refractivity (Wildman–Crippen MR) is 64.5 cm³/mol. The SMILES string of the molecule is CC(F)CN(C)S(=O)(=O)c1ccc(Br)cc1. The molecule has 1 aromatic carbocycles. The quantitative estimate of drug-likeness (QED) is 0.856. The number of halogens is 2. The van der Waals surface area contributed by atoms with Gasteiger partial charge >= 0.3 is 0 Å². The van der Waals surface area contributed by atoms with Gasteiger partial charge in [0.1, 0.15) is 6.17 Å². The maximum atomic E-state index is 12.7. The van der Waals surface area contributed by atoms with E-state index in [1.54, 1.807) is 12.1 Å². The number of sulfonamides is 1. The highest BCUT2D eigenvalue weighted by Crippen LogP contribution is 2.18. The van der Waals surface area contributed by atoms with Crippen molar-refractivity contribution in [1.82, 2.24) is 4.31 Å². The minimum atomic E-state index is -3.58. The average molecular weight is 310 g/mol. The lowest BCUT2D eigenvalue weighted by Crippen LogP contribution is -2.31. The molecule has 0 aromatic heterocycles. The van der Waals surface area contributed by atoms with Crippen LogP contribution in [0, 0.1) is 0 Å². The Bertz CT molecular complexity index is 444. The maximum Gasteiger partial charge on any atom is 0.242 e. The highest BCUT2D eigenvalue weighted by Gasteiger charge is 2.21. The van der Waals surface area contributed by atoms with Gasteiger partial charge in [-0.1, -0.05) is 15.9 Å². The van der Waals surface area contributed by atoms with E-state index in [-0.39, 0.29) is 11.4 Å². The van der Waals surface area contributed by atoms with Gasteiger partial charge in [0.25, 0.3) is 0 Å². The first-order chi connectivity index (χ1) is 7.34. The second-order valence-electron chi connectivity index (χ2n) is 3.52. The van der Waals surface area contributed by atoms with Crippen molar-refractivity contribution >= 4 is 26.0 Å². The summed E-state index contributed by atoms with van der Waals surface area (Å²) in [6.07, 6.45) is -1.18. The summed E-state index contributed by atoms with van der Waals surface area (Å²) in [5.74, 6) is 0. The van der Waals surface area contributed by atoms with Crippen LogP contribution in [-0.2, 0) is 10.0 Å². The number of alkyl halides is 1. The van der Waals surface area contributed by atoms with Crippen molar-refractivity contribution in [2.75, 3.05) is 13.6 Å². The van der Waals surface area contributed by atoms with Crippen LogP contribution in [0.1, 0.15) is 6.92 Å². The van der Waals surface area contributed by atoms with Gasteiger partial charge in [0.2, 0.25) is 10.0 Å². The minimum Gasteiger partial charge on any atom is -0.246 e. The van der Waals surface area contributed by atoms with Crippen molar-refractivity contribution in [3.8, 4) is 0 Å². The number of hydrogen-bond acceptors (Lipinski definition) is 2. The highest BCUT2D eigenvalue weighted by atomic mass is 79.9. The van der Waals surface area contributed by atoms with E-state index in [0.717, 1.165) is 8.78 Å². The predicted octanol–water partition coefficient (Wildman–Crippen LogP) is 2.43. The summed E-state index contributed by atoms with van der Waals surface area (Å²) in [6, 6.07) is 6.25. The van der Waals surface area contributed by atoms with Gasteiger partial charge in [-0.25, -0.2) is 12.8 Å². The molecule has 0 bridgehead atoms. The van der Waals surface area contributed by atoms with E-state index in [4.69, 9.17) is 0 Å². The summed E-state index contributed by atoms with van der Waals surface area (Å²) >= 11 is 3.22. The fraction of sp³-hybridized carbons (Fsp3) is 0.400. The Morgan fingerprint density at radius 2 is 1.88 bits per heavy atom. The molecule has 1 unspecified atom stereocenters. The van der Waals surface area contributed by atoms with Crippen LogP contribution in [0.3, 0.4) is 0 Å². The fourth-order valence-corrected chi connectivity index (χ4v) is 2.74.